The van der Waals surface area contributed by atoms with Crippen LogP contribution in [-0.2, 0) is 14.8 Å². The van der Waals surface area contributed by atoms with Crippen molar-refractivity contribution in [3.8, 4) is 0 Å². The standard InChI is InChI=1S/C17H15BrCl2N2O4S/c18-14-3-2-12(27(24,25)22-5-7-26-8-6-22)10-13(14)17(23)21-16-4-1-11(19)9-15(16)20/h1-4,9-10H,5-8H2,(H,21,23). The molecule has 2 aromatic carbocycles. The number of sulfonamides is 1. The molecule has 3 rings (SSSR count). The first-order valence-corrected chi connectivity index (χ1v) is 10.9. The summed E-state index contributed by atoms with van der Waals surface area (Å²) in [5, 5.41) is 3.39. The van der Waals surface area contributed by atoms with Crippen LogP contribution in [0.3, 0.4) is 0 Å². The molecule has 6 nitrogen and oxygen atoms in total. The molecule has 1 amide bonds. The summed E-state index contributed by atoms with van der Waals surface area (Å²) in [6.45, 7) is 1.25. The number of hydrogen-bond acceptors (Lipinski definition) is 4. The van der Waals surface area contributed by atoms with Gasteiger partial charge in [0.2, 0.25) is 10.0 Å². The topological polar surface area (TPSA) is 75.7 Å². The van der Waals surface area contributed by atoms with Crippen molar-refractivity contribution in [2.45, 2.75) is 4.90 Å². The molecule has 0 radical (unpaired) electrons. The number of benzene rings is 2. The number of nitrogens with zero attached hydrogens (tertiary/aromatic N) is 1. The predicted octanol–water partition coefficient (Wildman–Crippen LogP) is 4.03. The Morgan fingerprint density at radius 1 is 1.11 bits per heavy atom. The number of ether oxygens (including phenoxy) is 1. The van der Waals surface area contributed by atoms with E-state index in [2.05, 4.69) is 21.2 Å². The van der Waals surface area contributed by atoms with Crippen molar-refractivity contribution in [1.82, 2.24) is 4.31 Å². The normalized spacial score (nSPS) is 15.5. The van der Waals surface area contributed by atoms with E-state index >= 15 is 0 Å². The van der Waals surface area contributed by atoms with Crippen LogP contribution in [0.5, 0.6) is 0 Å². The first-order valence-electron chi connectivity index (χ1n) is 7.93. The minimum atomic E-state index is -3.71. The van der Waals surface area contributed by atoms with E-state index in [4.69, 9.17) is 27.9 Å². The Bertz CT molecular complexity index is 979. The van der Waals surface area contributed by atoms with E-state index in [0.29, 0.717) is 28.4 Å². The highest BCUT2D eigenvalue weighted by Crippen LogP contribution is 2.28. The lowest BCUT2D eigenvalue weighted by Gasteiger charge is -2.26. The van der Waals surface area contributed by atoms with Gasteiger partial charge in [0.15, 0.2) is 0 Å². The van der Waals surface area contributed by atoms with E-state index in [1.807, 2.05) is 0 Å². The van der Waals surface area contributed by atoms with Gasteiger partial charge in [0.25, 0.3) is 5.91 Å². The second-order valence-corrected chi connectivity index (χ2v) is 9.37. The monoisotopic (exact) mass is 492 g/mol. The van der Waals surface area contributed by atoms with Gasteiger partial charge in [0.1, 0.15) is 0 Å². The van der Waals surface area contributed by atoms with E-state index in [1.54, 1.807) is 12.1 Å². The molecule has 0 spiro atoms. The van der Waals surface area contributed by atoms with E-state index < -0.39 is 15.9 Å². The van der Waals surface area contributed by atoms with Crippen molar-refractivity contribution in [3.05, 3.63) is 56.5 Å². The fourth-order valence-electron chi connectivity index (χ4n) is 2.56. The van der Waals surface area contributed by atoms with Gasteiger partial charge in [-0.3, -0.25) is 4.79 Å². The van der Waals surface area contributed by atoms with Crippen LogP contribution >= 0.6 is 39.1 Å². The van der Waals surface area contributed by atoms with Crippen LogP contribution in [-0.4, -0.2) is 44.9 Å². The zero-order valence-corrected chi connectivity index (χ0v) is 17.8. The van der Waals surface area contributed by atoms with Crippen molar-refractivity contribution < 1.29 is 17.9 Å². The predicted molar refractivity (Wildman–Crippen MR) is 108 cm³/mol. The number of carbonyl (C=O) groups excluding carboxylic acids is 1. The number of carbonyl (C=O) groups is 1. The zero-order chi connectivity index (χ0) is 19.6. The van der Waals surface area contributed by atoms with Gasteiger partial charge >= 0.3 is 0 Å². The molecule has 0 unspecified atom stereocenters. The van der Waals surface area contributed by atoms with Crippen LogP contribution in [0.2, 0.25) is 10.0 Å². The second-order valence-electron chi connectivity index (χ2n) is 5.74. The van der Waals surface area contributed by atoms with Crippen LogP contribution in [0.15, 0.2) is 45.8 Å². The highest BCUT2D eigenvalue weighted by Gasteiger charge is 2.27. The minimum absolute atomic E-state index is 0.0416. The van der Waals surface area contributed by atoms with Gasteiger partial charge in [0.05, 0.1) is 34.4 Å². The lowest BCUT2D eigenvalue weighted by atomic mass is 10.2. The van der Waals surface area contributed by atoms with E-state index in [-0.39, 0.29) is 28.6 Å². The van der Waals surface area contributed by atoms with Gasteiger partial charge in [-0.05, 0) is 52.3 Å². The summed E-state index contributed by atoms with van der Waals surface area (Å²) in [6, 6.07) is 9.01. The molecular formula is C17H15BrCl2N2O4S. The van der Waals surface area contributed by atoms with Crippen molar-refractivity contribution >= 4 is 60.7 Å². The number of rotatable bonds is 4. The smallest absolute Gasteiger partial charge is 0.256 e. The Morgan fingerprint density at radius 3 is 2.48 bits per heavy atom. The SMILES string of the molecule is O=C(Nc1ccc(Cl)cc1Cl)c1cc(S(=O)(=O)N2CCOCC2)ccc1Br. The lowest BCUT2D eigenvalue weighted by Crippen LogP contribution is -2.40. The molecule has 10 heteroatoms. The zero-order valence-electron chi connectivity index (χ0n) is 13.9. The van der Waals surface area contributed by atoms with Gasteiger partial charge in [-0.2, -0.15) is 4.31 Å². The number of amides is 1. The van der Waals surface area contributed by atoms with Gasteiger partial charge in [-0.15, -0.1) is 0 Å². The highest BCUT2D eigenvalue weighted by atomic mass is 79.9. The molecule has 27 heavy (non-hydrogen) atoms. The molecular weight excluding hydrogens is 479 g/mol. The molecule has 0 aromatic heterocycles. The third-order valence-corrected chi connectivity index (χ3v) is 7.10. The van der Waals surface area contributed by atoms with E-state index in [1.165, 1.54) is 28.6 Å². The lowest BCUT2D eigenvalue weighted by molar-refractivity contribution is 0.0730. The van der Waals surface area contributed by atoms with Crippen molar-refractivity contribution in [2.75, 3.05) is 31.6 Å². The number of halogens is 3. The Labute approximate surface area is 175 Å². The van der Waals surface area contributed by atoms with Crippen LogP contribution in [0.4, 0.5) is 5.69 Å². The molecule has 2 aromatic rings. The number of anilines is 1. The molecule has 0 bridgehead atoms. The van der Waals surface area contributed by atoms with Crippen molar-refractivity contribution in [2.24, 2.45) is 0 Å². The summed E-state index contributed by atoms with van der Waals surface area (Å²) in [7, 11) is -3.71. The largest absolute Gasteiger partial charge is 0.379 e. The highest BCUT2D eigenvalue weighted by molar-refractivity contribution is 9.10. The minimum Gasteiger partial charge on any atom is -0.379 e. The fourth-order valence-corrected chi connectivity index (χ4v) is 4.87. The van der Waals surface area contributed by atoms with Crippen LogP contribution < -0.4 is 5.32 Å². The van der Waals surface area contributed by atoms with Crippen LogP contribution in [0.1, 0.15) is 10.4 Å². The molecule has 0 atom stereocenters. The van der Waals surface area contributed by atoms with Crippen LogP contribution in [0.25, 0.3) is 0 Å². The molecule has 0 saturated carbocycles. The van der Waals surface area contributed by atoms with Gasteiger partial charge in [-0.1, -0.05) is 23.2 Å². The first-order chi connectivity index (χ1) is 12.8. The molecule has 0 aliphatic carbocycles. The Kier molecular flexibility index (Phi) is 6.45. The van der Waals surface area contributed by atoms with E-state index in [0.717, 1.165) is 0 Å². The summed E-state index contributed by atoms with van der Waals surface area (Å²) in [4.78, 5) is 12.7. The summed E-state index contributed by atoms with van der Waals surface area (Å²) in [5.41, 5.74) is 0.551. The average molecular weight is 494 g/mol. The molecule has 144 valence electrons. The quantitative estimate of drug-likeness (QED) is 0.697. The summed E-state index contributed by atoms with van der Waals surface area (Å²) >= 11 is 15.2. The van der Waals surface area contributed by atoms with Crippen LogP contribution in [0, 0.1) is 0 Å². The Morgan fingerprint density at radius 2 is 1.81 bits per heavy atom. The number of nitrogens with one attached hydrogen (secondary N) is 1. The summed E-state index contributed by atoms with van der Waals surface area (Å²) in [6.07, 6.45) is 0. The third-order valence-electron chi connectivity index (χ3n) is 3.97. The number of hydrogen-bond donors (Lipinski definition) is 1. The van der Waals surface area contributed by atoms with Gasteiger partial charge in [-0.25, -0.2) is 8.42 Å². The Balaban J connectivity index is 1.89. The molecule has 1 aliphatic rings. The molecule has 1 fully saturated rings. The number of morpholine rings is 1. The summed E-state index contributed by atoms with van der Waals surface area (Å²) in [5.74, 6) is -0.495. The second kappa shape index (κ2) is 8.46. The maximum absolute atomic E-state index is 12.8. The maximum atomic E-state index is 12.8. The van der Waals surface area contributed by atoms with Crippen molar-refractivity contribution in [1.29, 1.82) is 0 Å². The van der Waals surface area contributed by atoms with Crippen molar-refractivity contribution in [3.63, 3.8) is 0 Å². The molecule has 1 saturated heterocycles. The average Bonchev–Trinajstić information content (AvgIpc) is 2.65. The maximum Gasteiger partial charge on any atom is 0.256 e. The molecule has 1 N–H and O–H groups in total. The van der Waals surface area contributed by atoms with Gasteiger partial charge < -0.3 is 10.1 Å². The third kappa shape index (κ3) is 4.64. The van der Waals surface area contributed by atoms with E-state index in [9.17, 15) is 13.2 Å². The first kappa shape index (κ1) is 20.6. The summed E-state index contributed by atoms with van der Waals surface area (Å²) < 4.78 is 32.6. The van der Waals surface area contributed by atoms with Gasteiger partial charge in [0, 0.05) is 22.6 Å². The molecule has 1 aliphatic heterocycles. The molecule has 1 heterocycles. The fraction of sp³-hybridized carbons (Fsp3) is 0.235. The Hall–Kier alpha value is -1.16.